The first kappa shape index (κ1) is 29.6. The number of hydrogen-bond donors (Lipinski definition) is 8. The predicted octanol–water partition coefficient (Wildman–Crippen LogP) is -2.17. The molecule has 0 aromatic carbocycles. The van der Waals surface area contributed by atoms with Crippen LogP contribution >= 0.6 is 12.6 Å². The number of nitrogens with two attached hydrogens (primary N) is 3. The third kappa shape index (κ3) is 10.8. The molecule has 184 valence electrons. The molecule has 0 saturated heterocycles. The zero-order chi connectivity index (χ0) is 24.8. The van der Waals surface area contributed by atoms with Crippen LogP contribution in [0.2, 0.25) is 0 Å². The topological polar surface area (TPSA) is 220 Å². The van der Waals surface area contributed by atoms with Crippen LogP contribution in [0.1, 0.15) is 46.0 Å². The van der Waals surface area contributed by atoms with Crippen molar-refractivity contribution in [3.63, 3.8) is 0 Å². The molecule has 12 nitrogen and oxygen atoms in total. The number of aliphatic carboxylic acids is 1. The Balaban J connectivity index is 5.24. The van der Waals surface area contributed by atoms with E-state index >= 15 is 0 Å². The predicted molar refractivity (Wildman–Crippen MR) is 121 cm³/mol. The standard InChI is InChI=1S/C19H36N6O6S/c1-3-10(2)15(25-16(27)11(21)8-14(22)26)18(29)24-13(9-32)17(28)23-12(19(30)31)6-4-5-7-20/h10-13,15,32H,3-9,20-21H2,1-2H3,(H2,22,26)(H,23,28)(H,24,29)(H,25,27)(H,30,31). The molecule has 0 fully saturated rings. The van der Waals surface area contributed by atoms with Gasteiger partial charge in [0.25, 0.3) is 0 Å². The van der Waals surface area contributed by atoms with Gasteiger partial charge in [-0.15, -0.1) is 0 Å². The van der Waals surface area contributed by atoms with E-state index in [1.165, 1.54) is 0 Å². The summed E-state index contributed by atoms with van der Waals surface area (Å²) in [7, 11) is 0. The van der Waals surface area contributed by atoms with Crippen molar-refractivity contribution in [1.82, 2.24) is 16.0 Å². The van der Waals surface area contributed by atoms with Crippen molar-refractivity contribution in [2.75, 3.05) is 12.3 Å². The Hall–Kier alpha value is -2.38. The van der Waals surface area contributed by atoms with Gasteiger partial charge in [-0.05, 0) is 31.7 Å². The second-order valence-corrected chi connectivity index (χ2v) is 7.94. The number of unbranched alkanes of at least 4 members (excludes halogenated alkanes) is 1. The maximum absolute atomic E-state index is 12.8. The summed E-state index contributed by atoms with van der Waals surface area (Å²) < 4.78 is 0. The molecule has 5 unspecified atom stereocenters. The fourth-order valence-corrected chi connectivity index (χ4v) is 3.01. The van der Waals surface area contributed by atoms with Gasteiger partial charge in [-0.25, -0.2) is 4.79 Å². The second-order valence-electron chi connectivity index (χ2n) is 7.58. The minimum absolute atomic E-state index is 0.102. The number of rotatable bonds is 16. The van der Waals surface area contributed by atoms with Gasteiger partial charge in [0, 0.05) is 5.75 Å². The van der Waals surface area contributed by atoms with Crippen LogP contribution in [0.3, 0.4) is 0 Å². The first-order valence-electron chi connectivity index (χ1n) is 10.5. The van der Waals surface area contributed by atoms with Crippen LogP contribution in [-0.2, 0) is 24.0 Å². The summed E-state index contributed by atoms with van der Waals surface area (Å²) in [6.45, 7) is 3.93. The lowest BCUT2D eigenvalue weighted by Gasteiger charge is -2.27. The average Bonchev–Trinajstić information content (AvgIpc) is 2.73. The van der Waals surface area contributed by atoms with Gasteiger partial charge >= 0.3 is 5.97 Å². The molecular formula is C19H36N6O6S. The molecule has 32 heavy (non-hydrogen) atoms. The minimum atomic E-state index is -1.22. The van der Waals surface area contributed by atoms with Gasteiger partial charge in [0.05, 0.1) is 12.5 Å². The molecule has 0 rings (SSSR count). The smallest absolute Gasteiger partial charge is 0.326 e. The lowest BCUT2D eigenvalue weighted by Crippen LogP contribution is -2.59. The summed E-state index contributed by atoms with van der Waals surface area (Å²) in [6, 6.07) is -4.53. The fourth-order valence-electron chi connectivity index (χ4n) is 2.75. The number of primary amides is 1. The molecule has 0 heterocycles. The van der Waals surface area contributed by atoms with E-state index in [4.69, 9.17) is 17.2 Å². The third-order valence-corrected chi connectivity index (χ3v) is 5.29. The highest BCUT2D eigenvalue weighted by atomic mass is 32.1. The van der Waals surface area contributed by atoms with Crippen molar-refractivity contribution in [1.29, 1.82) is 0 Å². The van der Waals surface area contributed by atoms with Gasteiger partial charge in [0.1, 0.15) is 18.1 Å². The van der Waals surface area contributed by atoms with Crippen LogP contribution < -0.4 is 33.2 Å². The Morgan fingerprint density at radius 3 is 2.03 bits per heavy atom. The lowest BCUT2D eigenvalue weighted by molar-refractivity contribution is -0.142. The average molecular weight is 477 g/mol. The second kappa shape index (κ2) is 15.4. The van der Waals surface area contributed by atoms with E-state index in [1.807, 2.05) is 6.92 Å². The van der Waals surface area contributed by atoms with E-state index in [-0.39, 0.29) is 24.5 Å². The quantitative estimate of drug-likeness (QED) is 0.0902. The number of nitrogens with one attached hydrogen (secondary N) is 3. The number of carboxylic acid groups (broad SMARTS) is 1. The molecule has 10 N–H and O–H groups in total. The SMILES string of the molecule is CCC(C)C(NC(=O)C(N)CC(N)=O)C(=O)NC(CS)C(=O)NC(CCCCN)C(=O)O. The Morgan fingerprint density at radius 1 is 0.969 bits per heavy atom. The van der Waals surface area contributed by atoms with Gasteiger partial charge in [-0.2, -0.15) is 12.6 Å². The van der Waals surface area contributed by atoms with E-state index in [9.17, 15) is 29.1 Å². The first-order valence-corrected chi connectivity index (χ1v) is 11.1. The lowest BCUT2D eigenvalue weighted by atomic mass is 9.97. The van der Waals surface area contributed by atoms with Gasteiger partial charge < -0.3 is 38.3 Å². The van der Waals surface area contributed by atoms with Crippen LogP contribution in [0.5, 0.6) is 0 Å². The van der Waals surface area contributed by atoms with Crippen molar-refractivity contribution in [3.05, 3.63) is 0 Å². The van der Waals surface area contributed by atoms with Crippen LogP contribution in [-0.4, -0.2) is 71.2 Å². The summed E-state index contributed by atoms with van der Waals surface area (Å²) in [4.78, 5) is 60.0. The van der Waals surface area contributed by atoms with Gasteiger partial charge in [-0.3, -0.25) is 19.2 Å². The summed E-state index contributed by atoms with van der Waals surface area (Å²) in [5.41, 5.74) is 16.1. The summed E-state index contributed by atoms with van der Waals surface area (Å²) >= 11 is 4.07. The first-order chi connectivity index (χ1) is 15.0. The number of carbonyl (C=O) groups is 5. The van der Waals surface area contributed by atoms with Crippen molar-refractivity contribution in [3.8, 4) is 0 Å². The molecule has 0 radical (unpaired) electrons. The summed E-state index contributed by atoms with van der Waals surface area (Å²) in [5, 5.41) is 16.7. The molecule has 0 bridgehead atoms. The molecule has 0 saturated carbocycles. The summed E-state index contributed by atoms with van der Waals surface area (Å²) in [6.07, 6.45) is 1.45. The Morgan fingerprint density at radius 2 is 1.56 bits per heavy atom. The minimum Gasteiger partial charge on any atom is -0.480 e. The van der Waals surface area contributed by atoms with Crippen LogP contribution in [0, 0.1) is 5.92 Å². The molecule has 0 aliphatic rings. The van der Waals surface area contributed by atoms with Gasteiger partial charge in [-0.1, -0.05) is 20.3 Å². The third-order valence-electron chi connectivity index (χ3n) is 4.93. The number of thiol groups is 1. The van der Waals surface area contributed by atoms with E-state index < -0.39 is 53.8 Å². The number of carboxylic acids is 1. The number of amides is 4. The highest BCUT2D eigenvalue weighted by molar-refractivity contribution is 7.80. The molecule has 0 spiro atoms. The van der Waals surface area contributed by atoms with Crippen molar-refractivity contribution >= 4 is 42.2 Å². The number of carbonyl (C=O) groups excluding carboxylic acids is 4. The van der Waals surface area contributed by atoms with Crippen molar-refractivity contribution in [2.24, 2.45) is 23.1 Å². The largest absolute Gasteiger partial charge is 0.480 e. The van der Waals surface area contributed by atoms with Crippen LogP contribution in [0.25, 0.3) is 0 Å². The highest BCUT2D eigenvalue weighted by Gasteiger charge is 2.32. The zero-order valence-corrected chi connectivity index (χ0v) is 19.4. The Kier molecular flexibility index (Phi) is 14.3. The summed E-state index contributed by atoms with van der Waals surface area (Å²) in [5.74, 6) is -4.50. The van der Waals surface area contributed by atoms with E-state index in [0.717, 1.165) is 0 Å². The number of hydrogen-bond acceptors (Lipinski definition) is 8. The van der Waals surface area contributed by atoms with Crippen LogP contribution in [0.15, 0.2) is 0 Å². The van der Waals surface area contributed by atoms with Gasteiger partial charge in [0.15, 0.2) is 0 Å². The molecule has 13 heteroatoms. The van der Waals surface area contributed by atoms with E-state index in [0.29, 0.717) is 25.8 Å². The zero-order valence-electron chi connectivity index (χ0n) is 18.5. The molecule has 0 aromatic heterocycles. The van der Waals surface area contributed by atoms with Crippen LogP contribution in [0.4, 0.5) is 0 Å². The van der Waals surface area contributed by atoms with E-state index in [2.05, 4.69) is 28.6 Å². The molecule has 4 amide bonds. The molecule has 0 aromatic rings. The maximum atomic E-state index is 12.8. The monoisotopic (exact) mass is 476 g/mol. The Bertz CT molecular complexity index is 664. The molecule has 0 aliphatic carbocycles. The molecule has 5 atom stereocenters. The maximum Gasteiger partial charge on any atom is 0.326 e. The molecule has 0 aliphatic heterocycles. The fraction of sp³-hybridized carbons (Fsp3) is 0.737. The van der Waals surface area contributed by atoms with E-state index in [1.54, 1.807) is 6.92 Å². The van der Waals surface area contributed by atoms with Crippen molar-refractivity contribution in [2.45, 2.75) is 70.1 Å². The molecular weight excluding hydrogens is 440 g/mol. The van der Waals surface area contributed by atoms with Crippen molar-refractivity contribution < 1.29 is 29.1 Å². The van der Waals surface area contributed by atoms with Gasteiger partial charge in [0.2, 0.25) is 23.6 Å². The Labute approximate surface area is 193 Å². The highest BCUT2D eigenvalue weighted by Crippen LogP contribution is 2.10. The normalized spacial score (nSPS) is 15.5.